The summed E-state index contributed by atoms with van der Waals surface area (Å²) in [6.45, 7) is 8.25. The molecule has 3 atom stereocenters. The van der Waals surface area contributed by atoms with Crippen LogP contribution in [0.15, 0.2) is 34.0 Å². The van der Waals surface area contributed by atoms with Gasteiger partial charge in [-0.1, -0.05) is 17.3 Å². The van der Waals surface area contributed by atoms with Crippen molar-refractivity contribution in [1.29, 1.82) is 0 Å². The van der Waals surface area contributed by atoms with E-state index in [1.807, 2.05) is 19.0 Å². The highest BCUT2D eigenvalue weighted by atomic mass is 32.2. The first kappa shape index (κ1) is 34.2. The fourth-order valence-corrected chi connectivity index (χ4v) is 7.12. The summed E-state index contributed by atoms with van der Waals surface area (Å²) in [6.07, 6.45) is -1.89. The van der Waals surface area contributed by atoms with Crippen LogP contribution in [0.25, 0.3) is 0 Å². The Morgan fingerprint density at radius 3 is 2.78 bits per heavy atom. The number of nitrogens with zero attached hydrogens (tertiary/aromatic N) is 7. The van der Waals surface area contributed by atoms with Crippen molar-refractivity contribution in [1.82, 2.24) is 40.3 Å². The fraction of sp³-hybridized carbons (Fsp3) is 0.538. The number of nitrogens with one attached hydrogen (secondary N) is 1. The van der Waals surface area contributed by atoms with Gasteiger partial charge in [0, 0.05) is 36.8 Å². The van der Waals surface area contributed by atoms with Gasteiger partial charge in [0.2, 0.25) is 17.4 Å². The van der Waals surface area contributed by atoms with Gasteiger partial charge in [0.25, 0.3) is 5.91 Å². The van der Waals surface area contributed by atoms with Gasteiger partial charge in [-0.3, -0.25) is 14.5 Å². The Balaban J connectivity index is 1.47. The maximum Gasteiger partial charge on any atom is 0.511 e. The van der Waals surface area contributed by atoms with E-state index in [0.29, 0.717) is 40.3 Å². The Labute approximate surface area is 272 Å². The standard InChI is InChI=1S/C26H35N9O7S3/c1-14(2)6-9-40-26(39)42-15(3)41-23(38)20-16(12-45-25-30-31-32-34(25)8-7-33(4)5)11-43-22-19(21(37)35(20)22)29-18(36)10-17-13-44-24(27)28-17/h13,15,19,22H,1,6-12H2,2-5H3,(H2,27,28)(H,29,36)/t15?,19-,22+/m1/s1. The molecule has 45 heavy (non-hydrogen) atoms. The molecule has 2 aromatic heterocycles. The van der Waals surface area contributed by atoms with Crippen LogP contribution in [0.4, 0.5) is 9.93 Å². The Morgan fingerprint density at radius 2 is 2.09 bits per heavy atom. The van der Waals surface area contributed by atoms with Gasteiger partial charge in [-0.05, 0) is 37.0 Å². The number of amides is 2. The molecule has 244 valence electrons. The first-order valence-electron chi connectivity index (χ1n) is 13.8. The van der Waals surface area contributed by atoms with Crippen LogP contribution >= 0.6 is 34.9 Å². The van der Waals surface area contributed by atoms with Gasteiger partial charge in [0.1, 0.15) is 17.1 Å². The molecule has 4 heterocycles. The Bertz CT molecular complexity index is 1460. The highest BCUT2D eigenvalue weighted by molar-refractivity contribution is 8.01. The number of nitrogens with two attached hydrogens (primary N) is 1. The molecule has 2 amide bonds. The number of hydrogen-bond acceptors (Lipinski definition) is 16. The fourth-order valence-electron chi connectivity index (χ4n) is 4.17. The monoisotopic (exact) mass is 681 g/mol. The van der Waals surface area contributed by atoms with E-state index in [-0.39, 0.29) is 24.5 Å². The molecule has 0 saturated carbocycles. The normalized spacial score (nSPS) is 18.2. The molecule has 0 radical (unpaired) electrons. The van der Waals surface area contributed by atoms with Gasteiger partial charge in [-0.25, -0.2) is 19.3 Å². The third kappa shape index (κ3) is 9.18. The number of carbonyl (C=O) groups is 4. The number of fused-ring (bicyclic) bond motifs is 1. The van der Waals surface area contributed by atoms with Crippen molar-refractivity contribution in [2.75, 3.05) is 44.5 Å². The number of rotatable bonds is 15. The van der Waals surface area contributed by atoms with E-state index in [4.69, 9.17) is 19.9 Å². The van der Waals surface area contributed by atoms with Gasteiger partial charge in [-0.15, -0.1) is 34.8 Å². The molecule has 2 aromatic rings. The molecule has 0 aliphatic carbocycles. The lowest BCUT2D eigenvalue weighted by Crippen LogP contribution is -2.70. The third-order valence-electron chi connectivity index (χ3n) is 6.39. The minimum atomic E-state index is -1.31. The smallest absolute Gasteiger partial charge is 0.434 e. The maximum absolute atomic E-state index is 13.5. The molecule has 3 N–H and O–H groups in total. The second kappa shape index (κ2) is 15.5. The average molecular weight is 682 g/mol. The lowest BCUT2D eigenvalue weighted by Gasteiger charge is -2.49. The van der Waals surface area contributed by atoms with E-state index in [1.165, 1.54) is 46.7 Å². The van der Waals surface area contributed by atoms with Gasteiger partial charge in [0.15, 0.2) is 5.13 Å². The molecular weight excluding hydrogens is 647 g/mol. The van der Waals surface area contributed by atoms with Crippen LogP contribution in [0.5, 0.6) is 0 Å². The molecule has 0 bridgehead atoms. The highest BCUT2D eigenvalue weighted by Gasteiger charge is 2.54. The number of ether oxygens (including phenoxy) is 3. The van der Waals surface area contributed by atoms with Crippen LogP contribution in [0.3, 0.4) is 0 Å². The Hall–Kier alpha value is -3.68. The molecule has 4 rings (SSSR count). The van der Waals surface area contributed by atoms with E-state index in [0.717, 1.165) is 12.1 Å². The number of aromatic nitrogens is 5. The molecule has 2 aliphatic rings. The van der Waals surface area contributed by atoms with Gasteiger partial charge >= 0.3 is 12.1 Å². The van der Waals surface area contributed by atoms with Crippen LogP contribution in [0.2, 0.25) is 0 Å². The quantitative estimate of drug-likeness (QED) is 0.0895. The van der Waals surface area contributed by atoms with Crippen molar-refractivity contribution in [2.45, 2.75) is 56.1 Å². The van der Waals surface area contributed by atoms with Crippen molar-refractivity contribution in [3.63, 3.8) is 0 Å². The molecule has 1 fully saturated rings. The molecule has 1 saturated heterocycles. The number of carbonyl (C=O) groups excluding carboxylic acids is 4. The van der Waals surface area contributed by atoms with Crippen molar-refractivity contribution >= 4 is 63.9 Å². The first-order valence-corrected chi connectivity index (χ1v) is 16.7. The Kier molecular flexibility index (Phi) is 11.8. The van der Waals surface area contributed by atoms with Gasteiger partial charge in [0.05, 0.1) is 25.3 Å². The molecule has 1 unspecified atom stereocenters. The topological polar surface area (TPSA) is 197 Å². The number of hydrogen-bond donors (Lipinski definition) is 2. The second-order valence-corrected chi connectivity index (χ2v) is 13.4. The first-order chi connectivity index (χ1) is 21.4. The molecule has 16 nitrogen and oxygen atoms in total. The summed E-state index contributed by atoms with van der Waals surface area (Å²) in [5.41, 5.74) is 7.60. The lowest BCUT2D eigenvalue weighted by molar-refractivity contribution is -0.169. The van der Waals surface area contributed by atoms with E-state index >= 15 is 0 Å². The summed E-state index contributed by atoms with van der Waals surface area (Å²) in [4.78, 5) is 59.0. The molecular formula is C26H35N9O7S3. The number of esters is 1. The largest absolute Gasteiger partial charge is 0.511 e. The number of anilines is 1. The summed E-state index contributed by atoms with van der Waals surface area (Å²) in [5.74, 6) is -1.10. The van der Waals surface area contributed by atoms with Crippen molar-refractivity contribution in [2.24, 2.45) is 0 Å². The van der Waals surface area contributed by atoms with E-state index in [9.17, 15) is 19.2 Å². The number of thioether (sulfide) groups is 2. The number of likely N-dealkylation sites (N-methyl/N-ethyl adjacent to an activating group) is 1. The zero-order chi connectivity index (χ0) is 32.7. The van der Waals surface area contributed by atoms with Crippen molar-refractivity contribution in [3.05, 3.63) is 34.5 Å². The zero-order valence-corrected chi connectivity index (χ0v) is 27.7. The summed E-state index contributed by atoms with van der Waals surface area (Å²) in [7, 11) is 3.88. The molecule has 0 spiro atoms. The van der Waals surface area contributed by atoms with Gasteiger partial charge < -0.3 is 30.2 Å². The van der Waals surface area contributed by atoms with E-state index in [2.05, 4.69) is 32.4 Å². The SMILES string of the molecule is C=C(C)CCOC(=O)OC(C)OC(=O)C1=C(CSc2nnnn2CCN(C)C)CS[C@H]2[C@H](NC(=O)Cc3csc(N)n3)C(=O)N12. The van der Waals surface area contributed by atoms with Gasteiger partial charge in [-0.2, -0.15) is 0 Å². The van der Waals surface area contributed by atoms with Crippen LogP contribution in [-0.2, 0) is 41.6 Å². The number of thiazole rings is 1. The maximum atomic E-state index is 13.5. The number of nitrogen functional groups attached to an aromatic ring is 1. The minimum Gasteiger partial charge on any atom is -0.434 e. The summed E-state index contributed by atoms with van der Waals surface area (Å²) < 4.78 is 17.2. The van der Waals surface area contributed by atoms with E-state index in [1.54, 1.807) is 17.0 Å². The van der Waals surface area contributed by atoms with Crippen molar-refractivity contribution < 1.29 is 33.4 Å². The summed E-state index contributed by atoms with van der Waals surface area (Å²) in [6, 6.07) is -0.856. The van der Waals surface area contributed by atoms with Crippen LogP contribution < -0.4 is 11.1 Å². The number of tetrazole rings is 1. The summed E-state index contributed by atoms with van der Waals surface area (Å²) in [5, 5.41) is 16.7. The summed E-state index contributed by atoms with van der Waals surface area (Å²) >= 11 is 3.93. The average Bonchev–Trinajstić information content (AvgIpc) is 3.60. The van der Waals surface area contributed by atoms with Crippen molar-refractivity contribution in [3.8, 4) is 0 Å². The molecule has 0 aromatic carbocycles. The predicted molar refractivity (Wildman–Crippen MR) is 167 cm³/mol. The lowest BCUT2D eigenvalue weighted by atomic mass is 10.0. The zero-order valence-electron chi connectivity index (χ0n) is 25.3. The second-order valence-electron chi connectivity index (χ2n) is 10.4. The number of β-lactam (4-membered cyclic amide) rings is 1. The predicted octanol–water partition coefficient (Wildman–Crippen LogP) is 1.27. The third-order valence-corrected chi connectivity index (χ3v) is 9.49. The molecule has 2 aliphatic heterocycles. The highest BCUT2D eigenvalue weighted by Crippen LogP contribution is 2.42. The van der Waals surface area contributed by atoms with Crippen LogP contribution in [0.1, 0.15) is 26.0 Å². The van der Waals surface area contributed by atoms with E-state index < -0.39 is 41.6 Å². The minimum absolute atomic E-state index is 0.0208. The van der Waals surface area contributed by atoms with Crippen LogP contribution in [0, 0.1) is 0 Å². The Morgan fingerprint density at radius 1 is 1.31 bits per heavy atom. The molecule has 19 heteroatoms. The van der Waals surface area contributed by atoms with Crippen LogP contribution in [-0.4, -0.2) is 115 Å².